The topological polar surface area (TPSA) is 53.4 Å². The Labute approximate surface area is 106 Å². The van der Waals surface area contributed by atoms with Crippen molar-refractivity contribution in [2.24, 2.45) is 0 Å². The summed E-state index contributed by atoms with van der Waals surface area (Å²) in [5.41, 5.74) is 0. The third-order valence-electron chi connectivity index (χ3n) is 2.93. The van der Waals surface area contributed by atoms with E-state index < -0.39 is 5.97 Å². The molecule has 0 unspecified atom stereocenters. The summed E-state index contributed by atoms with van der Waals surface area (Å²) in [6.45, 7) is 3.23. The molecular weight excluding hydrogens is 228 g/mol. The number of fused-ring (bicyclic) bond motifs is 1. The van der Waals surface area contributed by atoms with Gasteiger partial charge in [-0.05, 0) is 18.4 Å². The van der Waals surface area contributed by atoms with Crippen LogP contribution in [0.4, 0.5) is 5.82 Å². The molecule has 18 heavy (non-hydrogen) atoms. The highest BCUT2D eigenvalue weighted by Gasteiger charge is 2.10. The minimum atomic E-state index is -0.784. The first-order valence-electron chi connectivity index (χ1n) is 6.03. The summed E-state index contributed by atoms with van der Waals surface area (Å²) in [5, 5.41) is 11.0. The number of carbonyl (C=O) groups is 1. The SMILES string of the molecule is CCN(CCC(=O)O)c1nccc2ccccc12. The molecule has 0 fully saturated rings. The Kier molecular flexibility index (Phi) is 3.77. The maximum Gasteiger partial charge on any atom is 0.305 e. The Morgan fingerprint density at radius 2 is 2.11 bits per heavy atom. The summed E-state index contributed by atoms with van der Waals surface area (Å²) in [7, 11) is 0. The Hall–Kier alpha value is -2.10. The van der Waals surface area contributed by atoms with E-state index >= 15 is 0 Å². The summed E-state index contributed by atoms with van der Waals surface area (Å²) >= 11 is 0. The van der Waals surface area contributed by atoms with Crippen LogP contribution >= 0.6 is 0 Å². The highest BCUT2D eigenvalue weighted by Crippen LogP contribution is 2.23. The molecule has 1 heterocycles. The highest BCUT2D eigenvalue weighted by atomic mass is 16.4. The smallest absolute Gasteiger partial charge is 0.305 e. The van der Waals surface area contributed by atoms with Gasteiger partial charge in [0.2, 0.25) is 0 Å². The first-order chi connectivity index (χ1) is 8.72. The van der Waals surface area contributed by atoms with Crippen molar-refractivity contribution in [1.82, 2.24) is 4.98 Å². The molecule has 0 aliphatic carbocycles. The molecule has 0 aliphatic rings. The molecule has 2 aromatic rings. The third kappa shape index (κ3) is 2.59. The molecule has 94 valence electrons. The number of hydrogen-bond acceptors (Lipinski definition) is 3. The quantitative estimate of drug-likeness (QED) is 0.878. The average Bonchev–Trinajstić information content (AvgIpc) is 2.39. The predicted molar refractivity (Wildman–Crippen MR) is 71.9 cm³/mol. The molecule has 0 amide bonds. The van der Waals surface area contributed by atoms with Crippen molar-refractivity contribution in [3.05, 3.63) is 36.5 Å². The molecule has 0 saturated heterocycles. The van der Waals surface area contributed by atoms with E-state index in [9.17, 15) is 4.79 Å². The molecule has 1 aromatic heterocycles. The Balaban J connectivity index is 2.35. The van der Waals surface area contributed by atoms with Crippen LogP contribution < -0.4 is 4.90 Å². The molecular formula is C14H16N2O2. The Morgan fingerprint density at radius 1 is 1.33 bits per heavy atom. The summed E-state index contributed by atoms with van der Waals surface area (Å²) in [5.74, 6) is 0.0746. The van der Waals surface area contributed by atoms with Gasteiger partial charge < -0.3 is 10.0 Å². The molecule has 0 atom stereocenters. The molecule has 0 radical (unpaired) electrons. The van der Waals surface area contributed by atoms with Crippen molar-refractivity contribution in [1.29, 1.82) is 0 Å². The van der Waals surface area contributed by atoms with Gasteiger partial charge in [-0.1, -0.05) is 24.3 Å². The van der Waals surface area contributed by atoms with Crippen molar-refractivity contribution in [3.8, 4) is 0 Å². The van der Waals surface area contributed by atoms with Gasteiger partial charge >= 0.3 is 5.97 Å². The average molecular weight is 244 g/mol. The van der Waals surface area contributed by atoms with Crippen LogP contribution in [0.5, 0.6) is 0 Å². The minimum Gasteiger partial charge on any atom is -0.481 e. The van der Waals surface area contributed by atoms with E-state index in [0.717, 1.165) is 23.1 Å². The highest BCUT2D eigenvalue weighted by molar-refractivity contribution is 5.92. The van der Waals surface area contributed by atoms with Crippen LogP contribution in [0.15, 0.2) is 36.5 Å². The molecule has 1 N–H and O–H groups in total. The van der Waals surface area contributed by atoms with E-state index in [1.54, 1.807) is 6.20 Å². The van der Waals surface area contributed by atoms with Crippen LogP contribution in [0.2, 0.25) is 0 Å². The second-order valence-electron chi connectivity index (χ2n) is 4.08. The fraction of sp³-hybridized carbons (Fsp3) is 0.286. The lowest BCUT2D eigenvalue weighted by molar-refractivity contribution is -0.136. The predicted octanol–water partition coefficient (Wildman–Crippen LogP) is 2.54. The number of carboxylic acids is 1. The number of hydrogen-bond donors (Lipinski definition) is 1. The molecule has 0 aliphatic heterocycles. The van der Waals surface area contributed by atoms with Crippen LogP contribution in [0.25, 0.3) is 10.8 Å². The van der Waals surface area contributed by atoms with Gasteiger partial charge in [0, 0.05) is 24.7 Å². The number of anilines is 1. The standard InChI is InChI=1S/C14H16N2O2/c1-2-16(10-8-13(17)18)14-12-6-4-3-5-11(12)7-9-15-14/h3-7,9H,2,8,10H2,1H3,(H,17,18). The van der Waals surface area contributed by atoms with Gasteiger partial charge in [0.05, 0.1) is 6.42 Å². The zero-order valence-electron chi connectivity index (χ0n) is 10.3. The van der Waals surface area contributed by atoms with E-state index in [1.807, 2.05) is 42.2 Å². The summed E-state index contributed by atoms with van der Waals surface area (Å²) in [4.78, 5) is 17.1. The van der Waals surface area contributed by atoms with Crippen LogP contribution in [0, 0.1) is 0 Å². The summed E-state index contributed by atoms with van der Waals surface area (Å²) in [6.07, 6.45) is 1.89. The van der Waals surface area contributed by atoms with Crippen LogP contribution in [0.1, 0.15) is 13.3 Å². The van der Waals surface area contributed by atoms with E-state index in [0.29, 0.717) is 6.54 Å². The largest absolute Gasteiger partial charge is 0.481 e. The number of benzene rings is 1. The first kappa shape index (κ1) is 12.4. The summed E-state index contributed by atoms with van der Waals surface area (Å²) in [6, 6.07) is 9.97. The lowest BCUT2D eigenvalue weighted by atomic mass is 10.1. The van der Waals surface area contributed by atoms with E-state index in [1.165, 1.54) is 0 Å². The van der Waals surface area contributed by atoms with Gasteiger partial charge in [0.1, 0.15) is 5.82 Å². The Bertz CT molecular complexity index is 549. The first-order valence-corrected chi connectivity index (χ1v) is 6.03. The molecule has 0 bridgehead atoms. The fourth-order valence-electron chi connectivity index (χ4n) is 2.00. The van der Waals surface area contributed by atoms with Crippen molar-refractivity contribution in [2.75, 3.05) is 18.0 Å². The maximum atomic E-state index is 10.7. The van der Waals surface area contributed by atoms with Crippen molar-refractivity contribution >= 4 is 22.6 Å². The van der Waals surface area contributed by atoms with Gasteiger partial charge in [-0.15, -0.1) is 0 Å². The minimum absolute atomic E-state index is 0.124. The molecule has 4 nitrogen and oxygen atoms in total. The zero-order chi connectivity index (χ0) is 13.0. The normalized spacial score (nSPS) is 10.5. The van der Waals surface area contributed by atoms with Crippen LogP contribution in [0.3, 0.4) is 0 Å². The lowest BCUT2D eigenvalue weighted by Gasteiger charge is -2.22. The number of aliphatic carboxylic acids is 1. The number of aromatic nitrogens is 1. The van der Waals surface area contributed by atoms with Crippen LogP contribution in [-0.2, 0) is 4.79 Å². The van der Waals surface area contributed by atoms with Gasteiger partial charge in [-0.25, -0.2) is 4.98 Å². The monoisotopic (exact) mass is 244 g/mol. The zero-order valence-corrected chi connectivity index (χ0v) is 10.3. The second kappa shape index (κ2) is 5.49. The van der Waals surface area contributed by atoms with Crippen LogP contribution in [-0.4, -0.2) is 29.1 Å². The number of pyridine rings is 1. The van der Waals surface area contributed by atoms with Gasteiger partial charge in [-0.2, -0.15) is 0 Å². The molecule has 2 rings (SSSR count). The van der Waals surface area contributed by atoms with E-state index in [4.69, 9.17) is 5.11 Å². The van der Waals surface area contributed by atoms with Gasteiger partial charge in [0.15, 0.2) is 0 Å². The molecule has 0 saturated carbocycles. The third-order valence-corrected chi connectivity index (χ3v) is 2.93. The molecule has 1 aromatic carbocycles. The van der Waals surface area contributed by atoms with Gasteiger partial charge in [-0.3, -0.25) is 4.79 Å². The number of carboxylic acid groups (broad SMARTS) is 1. The maximum absolute atomic E-state index is 10.7. The second-order valence-corrected chi connectivity index (χ2v) is 4.08. The molecule has 0 spiro atoms. The molecule has 4 heteroatoms. The van der Waals surface area contributed by atoms with Crippen molar-refractivity contribution < 1.29 is 9.90 Å². The lowest BCUT2D eigenvalue weighted by Crippen LogP contribution is -2.26. The number of rotatable bonds is 5. The fourth-order valence-corrected chi connectivity index (χ4v) is 2.00. The van der Waals surface area contributed by atoms with Crippen molar-refractivity contribution in [2.45, 2.75) is 13.3 Å². The van der Waals surface area contributed by atoms with Crippen molar-refractivity contribution in [3.63, 3.8) is 0 Å². The Morgan fingerprint density at radius 3 is 2.83 bits per heavy atom. The number of nitrogens with zero attached hydrogens (tertiary/aromatic N) is 2. The van der Waals surface area contributed by atoms with E-state index in [2.05, 4.69) is 4.98 Å². The van der Waals surface area contributed by atoms with Gasteiger partial charge in [0.25, 0.3) is 0 Å². The van der Waals surface area contributed by atoms with E-state index in [-0.39, 0.29) is 6.42 Å². The summed E-state index contributed by atoms with van der Waals surface area (Å²) < 4.78 is 0.